The molecule has 2 rings (SSSR count). The van der Waals surface area contributed by atoms with E-state index >= 15 is 0 Å². The number of amides is 1. The fourth-order valence-corrected chi connectivity index (χ4v) is 2.44. The van der Waals surface area contributed by atoms with E-state index in [1.807, 2.05) is 17.0 Å². The van der Waals surface area contributed by atoms with Gasteiger partial charge in [-0.2, -0.15) is 0 Å². The number of esters is 1. The van der Waals surface area contributed by atoms with E-state index in [-0.39, 0.29) is 11.9 Å². The summed E-state index contributed by atoms with van der Waals surface area (Å²) >= 11 is 0. The van der Waals surface area contributed by atoms with Gasteiger partial charge in [-0.05, 0) is 19.2 Å². The summed E-state index contributed by atoms with van der Waals surface area (Å²) in [6.07, 6.45) is 0.416. The number of hydrogen-bond acceptors (Lipinski definition) is 5. The molecule has 1 saturated heterocycles. The maximum Gasteiger partial charge on any atom is 0.339 e. The third kappa shape index (κ3) is 4.21. The Kier molecular flexibility index (Phi) is 5.77. The summed E-state index contributed by atoms with van der Waals surface area (Å²) in [5.74, 6) is -0.232. The number of methoxy groups -OCH3 is 1. The largest absolute Gasteiger partial charge is 0.465 e. The molecule has 1 aromatic rings. The minimum Gasteiger partial charge on any atom is -0.465 e. The van der Waals surface area contributed by atoms with Crippen LogP contribution in [0.2, 0.25) is 0 Å². The van der Waals surface area contributed by atoms with E-state index in [4.69, 9.17) is 4.74 Å². The molecular formula is C16H23N3O3. The molecule has 0 saturated carbocycles. The summed E-state index contributed by atoms with van der Waals surface area (Å²) in [6, 6.07) is 7.15. The van der Waals surface area contributed by atoms with Crippen molar-refractivity contribution in [3.8, 4) is 0 Å². The first-order valence-electron chi connectivity index (χ1n) is 7.49. The van der Waals surface area contributed by atoms with E-state index in [0.29, 0.717) is 24.2 Å². The van der Waals surface area contributed by atoms with Gasteiger partial charge >= 0.3 is 5.97 Å². The predicted molar refractivity (Wildman–Crippen MR) is 85.0 cm³/mol. The van der Waals surface area contributed by atoms with Gasteiger partial charge in [0.05, 0.1) is 12.7 Å². The second-order valence-electron chi connectivity index (χ2n) is 5.40. The average molecular weight is 305 g/mol. The van der Waals surface area contributed by atoms with Crippen LogP contribution < -0.4 is 5.32 Å². The van der Waals surface area contributed by atoms with E-state index in [2.05, 4.69) is 17.3 Å². The van der Waals surface area contributed by atoms with Crippen LogP contribution in [0.3, 0.4) is 0 Å². The molecule has 0 spiro atoms. The molecule has 1 amide bonds. The van der Waals surface area contributed by atoms with Gasteiger partial charge in [-0.3, -0.25) is 4.79 Å². The van der Waals surface area contributed by atoms with Gasteiger partial charge < -0.3 is 19.9 Å². The Labute approximate surface area is 131 Å². The van der Waals surface area contributed by atoms with Gasteiger partial charge in [-0.25, -0.2) is 4.79 Å². The molecule has 6 heteroatoms. The molecule has 1 N–H and O–H groups in total. The van der Waals surface area contributed by atoms with Crippen LogP contribution >= 0.6 is 0 Å². The standard InChI is InChI=1S/C16H23N3O3/c1-18-9-11-19(12-10-18)15(20)7-8-17-14-6-4-3-5-13(14)16(21)22-2/h3-6,17H,7-12H2,1-2H3. The molecule has 0 atom stereocenters. The van der Waals surface area contributed by atoms with Gasteiger partial charge in [0.25, 0.3) is 0 Å². The Balaban J connectivity index is 1.84. The molecule has 0 aliphatic carbocycles. The number of ether oxygens (including phenoxy) is 1. The summed E-state index contributed by atoms with van der Waals surface area (Å²) in [6.45, 7) is 3.91. The van der Waals surface area contributed by atoms with Crippen molar-refractivity contribution >= 4 is 17.6 Å². The molecule has 1 fully saturated rings. The molecule has 1 aliphatic rings. The number of carbonyl (C=O) groups is 2. The first-order chi connectivity index (χ1) is 10.6. The van der Waals surface area contributed by atoms with Crippen molar-refractivity contribution in [1.82, 2.24) is 9.80 Å². The summed E-state index contributed by atoms with van der Waals surface area (Å²) in [5.41, 5.74) is 1.18. The van der Waals surface area contributed by atoms with Crippen LogP contribution in [0.4, 0.5) is 5.69 Å². The number of nitrogens with one attached hydrogen (secondary N) is 1. The normalized spacial score (nSPS) is 15.5. The molecular weight excluding hydrogens is 282 g/mol. The zero-order valence-electron chi connectivity index (χ0n) is 13.2. The number of likely N-dealkylation sites (N-methyl/N-ethyl adjacent to an activating group) is 1. The molecule has 1 aliphatic heterocycles. The highest BCUT2D eigenvalue weighted by atomic mass is 16.5. The van der Waals surface area contributed by atoms with Gasteiger partial charge in [-0.1, -0.05) is 12.1 Å². The Morgan fingerprint density at radius 2 is 1.86 bits per heavy atom. The lowest BCUT2D eigenvalue weighted by Crippen LogP contribution is -2.47. The van der Waals surface area contributed by atoms with Gasteiger partial charge in [0.15, 0.2) is 0 Å². The van der Waals surface area contributed by atoms with Crippen LogP contribution in [0.5, 0.6) is 0 Å². The number of carbonyl (C=O) groups excluding carboxylic acids is 2. The molecule has 0 radical (unpaired) electrons. The predicted octanol–water partition coefficient (Wildman–Crippen LogP) is 1.05. The maximum atomic E-state index is 12.1. The molecule has 0 aromatic heterocycles. The number of anilines is 1. The summed E-state index contributed by atoms with van der Waals surface area (Å²) < 4.78 is 4.75. The van der Waals surface area contributed by atoms with Crippen LogP contribution in [0, 0.1) is 0 Å². The number of piperazine rings is 1. The van der Waals surface area contributed by atoms with E-state index in [0.717, 1.165) is 26.2 Å². The van der Waals surface area contributed by atoms with Crippen molar-refractivity contribution in [3.63, 3.8) is 0 Å². The zero-order chi connectivity index (χ0) is 15.9. The van der Waals surface area contributed by atoms with E-state index < -0.39 is 0 Å². The van der Waals surface area contributed by atoms with Crippen molar-refractivity contribution in [1.29, 1.82) is 0 Å². The van der Waals surface area contributed by atoms with E-state index in [9.17, 15) is 9.59 Å². The van der Waals surface area contributed by atoms with Crippen molar-refractivity contribution in [3.05, 3.63) is 29.8 Å². The number of hydrogen-bond donors (Lipinski definition) is 1. The van der Waals surface area contributed by atoms with Crippen molar-refractivity contribution in [2.24, 2.45) is 0 Å². The number of nitrogens with zero attached hydrogens (tertiary/aromatic N) is 2. The third-order valence-electron chi connectivity index (χ3n) is 3.84. The van der Waals surface area contributed by atoms with E-state index in [1.54, 1.807) is 12.1 Å². The Hall–Kier alpha value is -2.08. The molecule has 0 unspecified atom stereocenters. The van der Waals surface area contributed by atoms with Crippen molar-refractivity contribution in [2.75, 3.05) is 52.2 Å². The van der Waals surface area contributed by atoms with Gasteiger partial charge in [0.1, 0.15) is 0 Å². The second kappa shape index (κ2) is 7.79. The lowest BCUT2D eigenvalue weighted by molar-refractivity contribution is -0.132. The number of para-hydroxylation sites is 1. The maximum absolute atomic E-state index is 12.1. The summed E-state index contributed by atoms with van der Waals surface area (Å²) in [4.78, 5) is 27.9. The fraction of sp³-hybridized carbons (Fsp3) is 0.500. The molecule has 120 valence electrons. The molecule has 1 heterocycles. The SMILES string of the molecule is COC(=O)c1ccccc1NCCC(=O)N1CCN(C)CC1. The third-order valence-corrected chi connectivity index (χ3v) is 3.84. The number of rotatable bonds is 5. The van der Waals surface area contributed by atoms with Crippen LogP contribution in [0.15, 0.2) is 24.3 Å². The minimum atomic E-state index is -0.381. The molecule has 1 aromatic carbocycles. The van der Waals surface area contributed by atoms with E-state index in [1.165, 1.54) is 7.11 Å². The highest BCUT2D eigenvalue weighted by Gasteiger charge is 2.18. The van der Waals surface area contributed by atoms with Crippen LogP contribution in [0.25, 0.3) is 0 Å². The molecule has 22 heavy (non-hydrogen) atoms. The summed E-state index contributed by atoms with van der Waals surface area (Å²) in [7, 11) is 3.42. The van der Waals surface area contributed by atoms with Gasteiger partial charge in [0, 0.05) is 44.8 Å². The fourth-order valence-electron chi connectivity index (χ4n) is 2.44. The first-order valence-corrected chi connectivity index (χ1v) is 7.49. The minimum absolute atomic E-state index is 0.149. The Morgan fingerprint density at radius 3 is 2.55 bits per heavy atom. The first kappa shape index (κ1) is 16.3. The zero-order valence-corrected chi connectivity index (χ0v) is 13.2. The van der Waals surface area contributed by atoms with Crippen LogP contribution in [-0.4, -0.2) is 68.6 Å². The molecule has 0 bridgehead atoms. The topological polar surface area (TPSA) is 61.9 Å². The lowest BCUT2D eigenvalue weighted by Gasteiger charge is -2.32. The second-order valence-corrected chi connectivity index (χ2v) is 5.40. The smallest absolute Gasteiger partial charge is 0.339 e. The monoisotopic (exact) mass is 305 g/mol. The summed E-state index contributed by atoms with van der Waals surface area (Å²) in [5, 5.41) is 3.15. The Bertz CT molecular complexity index is 525. The van der Waals surface area contributed by atoms with Crippen LogP contribution in [-0.2, 0) is 9.53 Å². The highest BCUT2D eigenvalue weighted by Crippen LogP contribution is 2.16. The van der Waals surface area contributed by atoms with Gasteiger partial charge in [-0.15, -0.1) is 0 Å². The molecule has 6 nitrogen and oxygen atoms in total. The quantitative estimate of drug-likeness (QED) is 0.824. The average Bonchev–Trinajstić information content (AvgIpc) is 2.55. The Morgan fingerprint density at radius 1 is 1.18 bits per heavy atom. The van der Waals surface area contributed by atoms with Crippen LogP contribution in [0.1, 0.15) is 16.8 Å². The lowest BCUT2D eigenvalue weighted by atomic mass is 10.1. The number of benzene rings is 1. The van der Waals surface area contributed by atoms with Crippen molar-refractivity contribution < 1.29 is 14.3 Å². The highest BCUT2D eigenvalue weighted by molar-refractivity contribution is 5.95. The van der Waals surface area contributed by atoms with Crippen molar-refractivity contribution in [2.45, 2.75) is 6.42 Å². The van der Waals surface area contributed by atoms with Gasteiger partial charge in [0.2, 0.25) is 5.91 Å².